The highest BCUT2D eigenvalue weighted by Gasteiger charge is 2.33. The average molecular weight is 565 g/mol. The van der Waals surface area contributed by atoms with Crippen LogP contribution < -0.4 is 14.9 Å². The number of ether oxygens (including phenoxy) is 1. The van der Waals surface area contributed by atoms with Crippen molar-refractivity contribution in [2.45, 2.75) is 19.9 Å². The number of fused-ring (bicyclic) bond motifs is 1. The smallest absolute Gasteiger partial charge is 0.338 e. The van der Waals surface area contributed by atoms with Crippen molar-refractivity contribution in [1.82, 2.24) is 14.3 Å². The second-order valence-corrected chi connectivity index (χ2v) is 10.4. The van der Waals surface area contributed by atoms with Crippen LogP contribution in [0.15, 0.2) is 112 Å². The Morgan fingerprint density at radius 3 is 2.39 bits per heavy atom. The lowest BCUT2D eigenvalue weighted by Gasteiger charge is -2.24. The average Bonchev–Trinajstić information content (AvgIpc) is 3.54. The molecule has 3 heterocycles. The number of nitrogens with zero attached hydrogens (tertiary/aromatic N) is 4. The van der Waals surface area contributed by atoms with Gasteiger partial charge in [-0.1, -0.05) is 59.9 Å². The lowest BCUT2D eigenvalue weighted by atomic mass is 9.96. The van der Waals surface area contributed by atoms with Gasteiger partial charge in [-0.2, -0.15) is 5.10 Å². The number of thiazole rings is 1. The molecule has 7 nitrogen and oxygen atoms in total. The third-order valence-corrected chi connectivity index (χ3v) is 7.78. The van der Waals surface area contributed by atoms with Crippen molar-refractivity contribution in [1.29, 1.82) is 0 Å². The zero-order valence-electron chi connectivity index (χ0n) is 22.3. The van der Waals surface area contributed by atoms with Gasteiger partial charge in [0.05, 0.1) is 34.1 Å². The van der Waals surface area contributed by atoms with Crippen molar-refractivity contribution in [2.75, 3.05) is 6.61 Å². The van der Waals surface area contributed by atoms with Crippen molar-refractivity contribution in [3.63, 3.8) is 0 Å². The SMILES string of the molecule is CCOC(=O)C1=C(C)N=c2s/c(=C/c3cn(-c4ccccc4)nc3-c3ccc(F)cc3)c(=O)n2C1c1ccccc1. The standard InChI is InChI=1S/C32H25FN4O3S/c1-3-40-31(39)27-20(2)34-32-37(29(27)22-10-6-4-7-11-22)30(38)26(41-32)18-23-19-36(25-12-8-5-9-13-25)35-28(23)21-14-16-24(33)17-15-21/h4-19,29H,3H2,1-2H3/b26-18+. The molecule has 0 aliphatic carbocycles. The van der Waals surface area contributed by atoms with Crippen LogP contribution in [-0.2, 0) is 9.53 Å². The van der Waals surface area contributed by atoms with Crippen LogP contribution in [0.2, 0.25) is 0 Å². The van der Waals surface area contributed by atoms with E-state index in [1.807, 2.05) is 66.9 Å². The molecule has 0 fully saturated rings. The maximum absolute atomic E-state index is 14.0. The van der Waals surface area contributed by atoms with E-state index >= 15 is 0 Å². The van der Waals surface area contributed by atoms with Gasteiger partial charge in [-0.15, -0.1) is 0 Å². The highest BCUT2D eigenvalue weighted by atomic mass is 32.1. The molecule has 0 N–H and O–H groups in total. The van der Waals surface area contributed by atoms with Crippen LogP contribution in [0.4, 0.5) is 4.39 Å². The quantitative estimate of drug-likeness (QED) is 0.278. The largest absolute Gasteiger partial charge is 0.463 e. The number of aromatic nitrogens is 3. The summed E-state index contributed by atoms with van der Waals surface area (Å²) < 4.78 is 22.8. The van der Waals surface area contributed by atoms with Gasteiger partial charge in [-0.25, -0.2) is 18.9 Å². The Kier molecular flexibility index (Phi) is 7.03. The number of esters is 1. The fourth-order valence-electron chi connectivity index (χ4n) is 4.92. The van der Waals surface area contributed by atoms with E-state index in [-0.39, 0.29) is 18.0 Å². The van der Waals surface area contributed by atoms with Crippen LogP contribution in [0, 0.1) is 5.82 Å². The van der Waals surface area contributed by atoms with Gasteiger partial charge in [0.1, 0.15) is 11.5 Å². The number of hydrogen-bond donors (Lipinski definition) is 0. The molecule has 0 radical (unpaired) electrons. The fourth-order valence-corrected chi connectivity index (χ4v) is 5.96. The molecular weight excluding hydrogens is 539 g/mol. The Balaban J connectivity index is 1.56. The maximum atomic E-state index is 14.0. The molecule has 1 atom stereocenters. The summed E-state index contributed by atoms with van der Waals surface area (Å²) in [4.78, 5) is 32.2. The summed E-state index contributed by atoms with van der Waals surface area (Å²) in [5, 5.41) is 4.78. The fraction of sp³-hybridized carbons (Fsp3) is 0.125. The monoisotopic (exact) mass is 564 g/mol. The molecule has 2 aromatic heterocycles. The van der Waals surface area contributed by atoms with Gasteiger partial charge >= 0.3 is 5.97 Å². The summed E-state index contributed by atoms with van der Waals surface area (Å²) >= 11 is 1.24. The molecule has 0 saturated carbocycles. The lowest BCUT2D eigenvalue weighted by molar-refractivity contribution is -0.139. The molecule has 9 heteroatoms. The van der Waals surface area contributed by atoms with E-state index in [9.17, 15) is 14.0 Å². The molecule has 3 aromatic carbocycles. The van der Waals surface area contributed by atoms with Gasteiger partial charge in [0.25, 0.3) is 5.56 Å². The number of rotatable bonds is 6. The van der Waals surface area contributed by atoms with Gasteiger partial charge in [0.2, 0.25) is 0 Å². The second kappa shape index (κ2) is 10.9. The van der Waals surface area contributed by atoms with E-state index in [1.54, 1.807) is 41.3 Å². The molecule has 0 amide bonds. The summed E-state index contributed by atoms with van der Waals surface area (Å²) in [6.45, 7) is 3.71. The van der Waals surface area contributed by atoms with Crippen LogP contribution >= 0.6 is 11.3 Å². The first-order valence-corrected chi connectivity index (χ1v) is 13.9. The number of halogens is 1. The zero-order valence-corrected chi connectivity index (χ0v) is 23.1. The third-order valence-electron chi connectivity index (χ3n) is 6.80. The molecule has 0 saturated heterocycles. The van der Waals surface area contributed by atoms with Gasteiger partial charge in [0, 0.05) is 17.3 Å². The Morgan fingerprint density at radius 1 is 1.02 bits per heavy atom. The lowest BCUT2D eigenvalue weighted by Crippen LogP contribution is -2.39. The Hall–Kier alpha value is -4.89. The number of allylic oxidation sites excluding steroid dienone is 1. The van der Waals surface area contributed by atoms with E-state index in [0.29, 0.717) is 37.4 Å². The van der Waals surface area contributed by atoms with E-state index in [4.69, 9.17) is 9.84 Å². The van der Waals surface area contributed by atoms with E-state index in [1.165, 1.54) is 23.5 Å². The highest BCUT2D eigenvalue weighted by molar-refractivity contribution is 7.07. The minimum atomic E-state index is -0.683. The third kappa shape index (κ3) is 4.96. The minimum absolute atomic E-state index is 0.207. The van der Waals surface area contributed by atoms with Crippen LogP contribution in [0.25, 0.3) is 23.0 Å². The summed E-state index contributed by atoms with van der Waals surface area (Å²) in [5.41, 5.74) is 4.18. The molecule has 1 aliphatic rings. The molecule has 204 valence electrons. The van der Waals surface area contributed by atoms with E-state index in [0.717, 1.165) is 11.3 Å². The molecule has 5 aromatic rings. The summed E-state index contributed by atoms with van der Waals surface area (Å²) in [6.07, 6.45) is 3.62. The normalized spacial score (nSPS) is 15.0. The summed E-state index contributed by atoms with van der Waals surface area (Å²) in [6, 6.07) is 24.4. The molecule has 0 bridgehead atoms. The molecular formula is C32H25FN4O3S. The van der Waals surface area contributed by atoms with Crippen LogP contribution in [-0.4, -0.2) is 26.9 Å². The minimum Gasteiger partial charge on any atom is -0.463 e. The van der Waals surface area contributed by atoms with Crippen molar-refractivity contribution in [3.8, 4) is 16.9 Å². The van der Waals surface area contributed by atoms with Crippen LogP contribution in [0.1, 0.15) is 31.0 Å². The summed E-state index contributed by atoms with van der Waals surface area (Å²) in [7, 11) is 0. The first kappa shape index (κ1) is 26.3. The maximum Gasteiger partial charge on any atom is 0.338 e. The van der Waals surface area contributed by atoms with E-state index < -0.39 is 12.0 Å². The highest BCUT2D eigenvalue weighted by Crippen LogP contribution is 2.31. The number of carbonyl (C=O) groups is 1. The first-order chi connectivity index (χ1) is 19.9. The predicted octanol–water partition coefficient (Wildman–Crippen LogP) is 4.79. The van der Waals surface area contributed by atoms with Gasteiger partial charge in [0.15, 0.2) is 4.80 Å². The van der Waals surface area contributed by atoms with Crippen molar-refractivity contribution in [2.24, 2.45) is 4.99 Å². The van der Waals surface area contributed by atoms with E-state index in [2.05, 4.69) is 4.99 Å². The van der Waals surface area contributed by atoms with Crippen molar-refractivity contribution >= 4 is 23.4 Å². The summed E-state index contributed by atoms with van der Waals surface area (Å²) in [5.74, 6) is -0.848. The molecule has 41 heavy (non-hydrogen) atoms. The van der Waals surface area contributed by atoms with Crippen molar-refractivity contribution in [3.05, 3.63) is 139 Å². The molecule has 0 spiro atoms. The zero-order chi connectivity index (χ0) is 28.5. The van der Waals surface area contributed by atoms with Gasteiger partial charge < -0.3 is 4.74 Å². The number of benzene rings is 3. The number of hydrogen-bond acceptors (Lipinski definition) is 6. The molecule has 1 aliphatic heterocycles. The Morgan fingerprint density at radius 2 is 1.71 bits per heavy atom. The Labute approximate surface area is 238 Å². The molecule has 6 rings (SSSR count). The van der Waals surface area contributed by atoms with Crippen LogP contribution in [0.3, 0.4) is 0 Å². The second-order valence-electron chi connectivity index (χ2n) is 9.43. The molecule has 1 unspecified atom stereocenters. The van der Waals surface area contributed by atoms with Gasteiger partial charge in [-0.05, 0) is 61.9 Å². The van der Waals surface area contributed by atoms with Crippen LogP contribution in [0.5, 0.6) is 0 Å². The predicted molar refractivity (Wildman–Crippen MR) is 156 cm³/mol. The Bertz CT molecular complexity index is 1960. The topological polar surface area (TPSA) is 78.5 Å². The number of carbonyl (C=O) groups excluding carboxylic acids is 1. The number of para-hydroxylation sites is 1. The van der Waals surface area contributed by atoms with Crippen molar-refractivity contribution < 1.29 is 13.9 Å². The first-order valence-electron chi connectivity index (χ1n) is 13.1. The van der Waals surface area contributed by atoms with Gasteiger partial charge in [-0.3, -0.25) is 9.36 Å².